The molecule has 0 N–H and O–H groups in total. The second-order valence-corrected chi connectivity index (χ2v) is 7.85. The SMILES string of the molecule is Cn1ccnc1C1CCCN(C(=O)c2ccc(Oc3cccc(Br)c3)nc2)C1. The molecule has 3 aromatic rings. The Balaban J connectivity index is 1.43. The number of rotatable bonds is 4. The highest BCUT2D eigenvalue weighted by molar-refractivity contribution is 9.10. The molecule has 144 valence electrons. The molecule has 1 amide bonds. The van der Waals surface area contributed by atoms with Crippen molar-refractivity contribution in [3.8, 4) is 11.6 Å². The first-order valence-corrected chi connectivity index (χ1v) is 10.1. The molecule has 1 aromatic carbocycles. The fourth-order valence-electron chi connectivity index (χ4n) is 3.54. The van der Waals surface area contributed by atoms with Crippen molar-refractivity contribution in [3.05, 3.63) is 70.8 Å². The van der Waals surface area contributed by atoms with Crippen LogP contribution in [0.5, 0.6) is 11.6 Å². The predicted octanol–water partition coefficient (Wildman–Crippen LogP) is 4.39. The standard InChI is InChI=1S/C21H21BrN4O2/c1-25-11-9-23-20(25)16-4-3-10-26(14-16)21(27)15-7-8-19(24-13-15)28-18-6-2-5-17(22)12-18/h2,5-9,11-13,16H,3-4,10,14H2,1H3. The highest BCUT2D eigenvalue weighted by Gasteiger charge is 2.27. The Morgan fingerprint density at radius 2 is 2.14 bits per heavy atom. The van der Waals surface area contributed by atoms with E-state index in [2.05, 4.69) is 25.9 Å². The van der Waals surface area contributed by atoms with Crippen LogP contribution in [0.2, 0.25) is 0 Å². The van der Waals surface area contributed by atoms with E-state index in [9.17, 15) is 4.79 Å². The van der Waals surface area contributed by atoms with Gasteiger partial charge in [-0.15, -0.1) is 0 Å². The van der Waals surface area contributed by atoms with Crippen molar-refractivity contribution in [2.24, 2.45) is 7.05 Å². The van der Waals surface area contributed by atoms with Crippen molar-refractivity contribution >= 4 is 21.8 Å². The fraction of sp³-hybridized carbons (Fsp3) is 0.286. The Kier molecular flexibility index (Phi) is 5.43. The normalized spacial score (nSPS) is 16.8. The lowest BCUT2D eigenvalue weighted by molar-refractivity contribution is 0.0703. The first kappa shape index (κ1) is 18.7. The number of carbonyl (C=O) groups excluding carboxylic acids is 1. The first-order chi connectivity index (χ1) is 13.6. The molecular weight excluding hydrogens is 420 g/mol. The van der Waals surface area contributed by atoms with Crippen molar-refractivity contribution in [1.29, 1.82) is 0 Å². The summed E-state index contributed by atoms with van der Waals surface area (Å²) in [4.78, 5) is 23.6. The van der Waals surface area contributed by atoms with Gasteiger partial charge in [0.15, 0.2) is 0 Å². The van der Waals surface area contributed by atoms with Gasteiger partial charge >= 0.3 is 0 Å². The molecular formula is C21H21BrN4O2. The summed E-state index contributed by atoms with van der Waals surface area (Å²) in [5, 5.41) is 0. The molecule has 2 aromatic heterocycles. The van der Waals surface area contributed by atoms with E-state index in [4.69, 9.17) is 4.74 Å². The Hall–Kier alpha value is -2.67. The van der Waals surface area contributed by atoms with Gasteiger partial charge in [-0.3, -0.25) is 4.79 Å². The number of nitrogens with zero attached hydrogens (tertiary/aromatic N) is 4. The number of benzene rings is 1. The summed E-state index contributed by atoms with van der Waals surface area (Å²) in [6.07, 6.45) is 7.36. The van der Waals surface area contributed by atoms with E-state index in [0.29, 0.717) is 23.7 Å². The Labute approximate surface area is 172 Å². The molecule has 7 heteroatoms. The van der Waals surface area contributed by atoms with Crippen molar-refractivity contribution in [2.45, 2.75) is 18.8 Å². The third kappa shape index (κ3) is 4.09. The zero-order chi connectivity index (χ0) is 19.5. The molecule has 1 saturated heterocycles. The van der Waals surface area contributed by atoms with Crippen LogP contribution in [0.15, 0.2) is 59.5 Å². The maximum Gasteiger partial charge on any atom is 0.255 e. The number of aryl methyl sites for hydroxylation is 1. The number of likely N-dealkylation sites (tertiary alicyclic amines) is 1. The molecule has 0 spiro atoms. The molecule has 0 bridgehead atoms. The van der Waals surface area contributed by atoms with E-state index in [1.54, 1.807) is 18.3 Å². The number of hydrogen-bond donors (Lipinski definition) is 0. The summed E-state index contributed by atoms with van der Waals surface area (Å²) < 4.78 is 8.71. The molecule has 0 aliphatic carbocycles. The fourth-order valence-corrected chi connectivity index (χ4v) is 3.92. The lowest BCUT2D eigenvalue weighted by Gasteiger charge is -2.32. The maximum absolute atomic E-state index is 12.9. The number of ether oxygens (including phenoxy) is 1. The molecule has 1 aliphatic heterocycles. The lowest BCUT2D eigenvalue weighted by atomic mass is 9.96. The van der Waals surface area contributed by atoms with E-state index in [1.807, 2.05) is 53.2 Å². The summed E-state index contributed by atoms with van der Waals surface area (Å²) in [6, 6.07) is 11.1. The summed E-state index contributed by atoms with van der Waals surface area (Å²) in [5.41, 5.74) is 0.571. The molecule has 1 fully saturated rings. The van der Waals surface area contributed by atoms with Gasteiger partial charge in [-0.2, -0.15) is 0 Å². The van der Waals surface area contributed by atoms with Crippen LogP contribution in [0, 0.1) is 0 Å². The van der Waals surface area contributed by atoms with E-state index in [0.717, 1.165) is 29.7 Å². The number of imidazole rings is 1. The maximum atomic E-state index is 12.9. The number of hydrogen-bond acceptors (Lipinski definition) is 4. The average molecular weight is 441 g/mol. The van der Waals surface area contributed by atoms with E-state index in [1.165, 1.54) is 0 Å². The van der Waals surface area contributed by atoms with Crippen LogP contribution in [0.4, 0.5) is 0 Å². The molecule has 3 heterocycles. The quantitative estimate of drug-likeness (QED) is 0.603. The van der Waals surface area contributed by atoms with Crippen molar-refractivity contribution < 1.29 is 9.53 Å². The number of carbonyl (C=O) groups is 1. The number of piperidine rings is 1. The van der Waals surface area contributed by atoms with Gasteiger partial charge < -0.3 is 14.2 Å². The Morgan fingerprint density at radius 3 is 2.86 bits per heavy atom. The predicted molar refractivity (Wildman–Crippen MR) is 110 cm³/mol. The van der Waals surface area contributed by atoms with Crippen LogP contribution in [-0.4, -0.2) is 38.4 Å². The van der Waals surface area contributed by atoms with Crippen molar-refractivity contribution in [3.63, 3.8) is 0 Å². The molecule has 4 rings (SSSR count). The lowest BCUT2D eigenvalue weighted by Crippen LogP contribution is -2.39. The van der Waals surface area contributed by atoms with Gasteiger partial charge in [0.25, 0.3) is 5.91 Å². The van der Waals surface area contributed by atoms with Crippen LogP contribution >= 0.6 is 15.9 Å². The topological polar surface area (TPSA) is 60.2 Å². The molecule has 6 nitrogen and oxygen atoms in total. The van der Waals surface area contributed by atoms with Crippen LogP contribution in [0.3, 0.4) is 0 Å². The van der Waals surface area contributed by atoms with E-state index < -0.39 is 0 Å². The zero-order valence-corrected chi connectivity index (χ0v) is 17.2. The molecule has 1 aliphatic rings. The van der Waals surface area contributed by atoms with Gasteiger partial charge in [-0.1, -0.05) is 22.0 Å². The zero-order valence-electron chi connectivity index (χ0n) is 15.6. The van der Waals surface area contributed by atoms with Crippen LogP contribution in [0.25, 0.3) is 0 Å². The number of pyridine rings is 1. The summed E-state index contributed by atoms with van der Waals surface area (Å²) in [7, 11) is 2.00. The minimum absolute atomic E-state index is 0.000384. The largest absolute Gasteiger partial charge is 0.439 e. The molecule has 1 unspecified atom stereocenters. The van der Waals surface area contributed by atoms with Crippen LogP contribution in [0.1, 0.15) is 34.9 Å². The molecule has 1 atom stereocenters. The van der Waals surface area contributed by atoms with E-state index in [-0.39, 0.29) is 11.8 Å². The van der Waals surface area contributed by atoms with Crippen molar-refractivity contribution in [1.82, 2.24) is 19.4 Å². The Morgan fingerprint density at radius 1 is 1.25 bits per heavy atom. The van der Waals surface area contributed by atoms with Gasteiger partial charge in [0.05, 0.1) is 5.56 Å². The number of aromatic nitrogens is 3. The van der Waals surface area contributed by atoms with Gasteiger partial charge in [-0.05, 0) is 37.1 Å². The average Bonchev–Trinajstić information content (AvgIpc) is 3.14. The van der Waals surface area contributed by atoms with Gasteiger partial charge in [-0.25, -0.2) is 9.97 Å². The molecule has 0 radical (unpaired) electrons. The second-order valence-electron chi connectivity index (χ2n) is 6.93. The van der Waals surface area contributed by atoms with Crippen molar-refractivity contribution in [2.75, 3.05) is 13.1 Å². The minimum atomic E-state index is 0.000384. The number of amides is 1. The van der Waals surface area contributed by atoms with Crippen LogP contribution in [-0.2, 0) is 7.05 Å². The smallest absolute Gasteiger partial charge is 0.255 e. The van der Waals surface area contributed by atoms with Gasteiger partial charge in [0.1, 0.15) is 11.6 Å². The third-order valence-corrected chi connectivity index (χ3v) is 5.43. The minimum Gasteiger partial charge on any atom is -0.439 e. The second kappa shape index (κ2) is 8.14. The van der Waals surface area contributed by atoms with Gasteiger partial charge in [0, 0.05) is 55.2 Å². The number of halogens is 1. The third-order valence-electron chi connectivity index (χ3n) is 4.93. The molecule has 0 saturated carbocycles. The summed E-state index contributed by atoms with van der Waals surface area (Å²) in [5.74, 6) is 2.45. The first-order valence-electron chi connectivity index (χ1n) is 9.26. The summed E-state index contributed by atoms with van der Waals surface area (Å²) in [6.45, 7) is 1.44. The highest BCUT2D eigenvalue weighted by atomic mass is 79.9. The monoisotopic (exact) mass is 440 g/mol. The van der Waals surface area contributed by atoms with E-state index >= 15 is 0 Å². The van der Waals surface area contributed by atoms with Crippen LogP contribution < -0.4 is 4.74 Å². The molecule has 28 heavy (non-hydrogen) atoms. The summed E-state index contributed by atoms with van der Waals surface area (Å²) >= 11 is 3.42. The Bertz CT molecular complexity index is 971. The highest BCUT2D eigenvalue weighted by Crippen LogP contribution is 2.27. The van der Waals surface area contributed by atoms with Gasteiger partial charge in [0.2, 0.25) is 5.88 Å².